The number of carbonyl (C=O) groups is 1. The van der Waals surface area contributed by atoms with Gasteiger partial charge < -0.3 is 15.5 Å². The first-order valence-corrected chi connectivity index (χ1v) is 5.75. The quantitative estimate of drug-likeness (QED) is 0.665. The number of carbonyl (C=O) groups excluding carboxylic acids is 1. The van der Waals surface area contributed by atoms with Crippen LogP contribution in [0.5, 0.6) is 0 Å². The van der Waals surface area contributed by atoms with Crippen LogP contribution in [0.1, 0.15) is 10.5 Å². The molecule has 7 heteroatoms. The molecule has 0 saturated heterocycles. The molecule has 0 aliphatic carbocycles. The number of amides is 1. The lowest BCUT2D eigenvalue weighted by Gasteiger charge is -2.11. The first kappa shape index (κ1) is 13.2. The van der Waals surface area contributed by atoms with Crippen molar-refractivity contribution in [3.05, 3.63) is 42.2 Å². The number of benzene rings is 1. The van der Waals surface area contributed by atoms with Crippen molar-refractivity contribution in [3.63, 3.8) is 0 Å². The molecule has 0 fully saturated rings. The molecule has 2 rings (SSSR count). The van der Waals surface area contributed by atoms with E-state index in [2.05, 4.69) is 15.6 Å². The van der Waals surface area contributed by atoms with Gasteiger partial charge in [0.1, 0.15) is 0 Å². The Hall–Kier alpha value is -2.25. The third-order valence-electron chi connectivity index (χ3n) is 2.52. The second kappa shape index (κ2) is 6.07. The molecule has 100 valence electrons. The zero-order valence-corrected chi connectivity index (χ0v) is 10.1. The number of nitrogens with one attached hydrogen (secondary N) is 1. The summed E-state index contributed by atoms with van der Waals surface area (Å²) in [5.41, 5.74) is 0.908. The monoisotopic (exact) mass is 262 g/mol. The maximum absolute atomic E-state index is 11.8. The predicted molar refractivity (Wildman–Crippen MR) is 66.8 cm³/mol. The Labute approximate surface area is 109 Å². The Morgan fingerprint density at radius 2 is 1.95 bits per heavy atom. The Kier molecular flexibility index (Phi) is 4.22. The van der Waals surface area contributed by atoms with Crippen molar-refractivity contribution >= 4 is 5.91 Å². The first-order valence-electron chi connectivity index (χ1n) is 5.75. The maximum Gasteiger partial charge on any atom is 0.273 e. The van der Waals surface area contributed by atoms with E-state index in [4.69, 9.17) is 10.2 Å². The van der Waals surface area contributed by atoms with Gasteiger partial charge in [0.25, 0.3) is 5.91 Å². The molecular weight excluding hydrogens is 248 g/mol. The topological polar surface area (TPSA) is 100 Å². The summed E-state index contributed by atoms with van der Waals surface area (Å²) in [5, 5.41) is 27.8. The molecule has 19 heavy (non-hydrogen) atoms. The molecule has 3 N–H and O–H groups in total. The number of rotatable bonds is 5. The van der Waals surface area contributed by atoms with Crippen LogP contribution < -0.4 is 5.32 Å². The second-order valence-corrected chi connectivity index (χ2v) is 3.92. The fourth-order valence-corrected chi connectivity index (χ4v) is 1.48. The third kappa shape index (κ3) is 3.15. The number of hydrogen-bond acceptors (Lipinski definition) is 5. The molecule has 0 bridgehead atoms. The van der Waals surface area contributed by atoms with Crippen LogP contribution in [0.3, 0.4) is 0 Å². The molecule has 1 heterocycles. The van der Waals surface area contributed by atoms with E-state index < -0.39 is 11.9 Å². The third-order valence-corrected chi connectivity index (χ3v) is 2.52. The van der Waals surface area contributed by atoms with Gasteiger partial charge in [-0.3, -0.25) is 4.79 Å². The van der Waals surface area contributed by atoms with Gasteiger partial charge in [0.15, 0.2) is 5.69 Å². The number of hydrogen-bond donors (Lipinski definition) is 3. The molecule has 7 nitrogen and oxygen atoms in total. The summed E-state index contributed by atoms with van der Waals surface area (Å²) < 4.78 is 1.47. The molecule has 0 saturated carbocycles. The number of aliphatic hydroxyl groups excluding tert-OH is 2. The summed E-state index contributed by atoms with van der Waals surface area (Å²) in [6.07, 6.45) is 1.48. The molecule has 1 amide bonds. The van der Waals surface area contributed by atoms with Crippen LogP contribution >= 0.6 is 0 Å². The fraction of sp³-hybridized carbons (Fsp3) is 0.250. The van der Waals surface area contributed by atoms with E-state index in [1.807, 2.05) is 30.3 Å². The second-order valence-electron chi connectivity index (χ2n) is 3.92. The summed E-state index contributed by atoms with van der Waals surface area (Å²) in [6, 6.07) is 8.55. The Bertz CT molecular complexity index is 537. The van der Waals surface area contributed by atoms with Gasteiger partial charge in [0.05, 0.1) is 31.1 Å². The first-order chi connectivity index (χ1) is 9.24. The minimum absolute atomic E-state index is 0.121. The van der Waals surface area contributed by atoms with Crippen molar-refractivity contribution in [1.82, 2.24) is 20.3 Å². The van der Waals surface area contributed by atoms with Gasteiger partial charge in [-0.25, -0.2) is 4.68 Å². The largest absolute Gasteiger partial charge is 0.394 e. The van der Waals surface area contributed by atoms with Crippen molar-refractivity contribution in [2.45, 2.75) is 6.04 Å². The normalized spacial score (nSPS) is 10.7. The molecule has 0 spiro atoms. The standard InChI is InChI=1S/C12H14N4O3/c17-7-9(8-18)13-12(19)11-6-16(15-14-11)10-4-2-1-3-5-10/h1-6,9,17-18H,7-8H2,(H,13,19). The highest BCUT2D eigenvalue weighted by Crippen LogP contribution is 2.05. The molecule has 1 aromatic carbocycles. The molecule has 0 radical (unpaired) electrons. The zero-order valence-electron chi connectivity index (χ0n) is 10.1. The highest BCUT2D eigenvalue weighted by Gasteiger charge is 2.15. The lowest BCUT2D eigenvalue weighted by molar-refractivity contribution is 0.0874. The SMILES string of the molecule is O=C(NC(CO)CO)c1cn(-c2ccccc2)nn1. The number of aromatic nitrogens is 3. The van der Waals surface area contributed by atoms with Gasteiger partial charge in [0.2, 0.25) is 0 Å². The molecule has 2 aromatic rings. The van der Waals surface area contributed by atoms with Gasteiger partial charge in [0, 0.05) is 0 Å². The van der Waals surface area contributed by atoms with Crippen LogP contribution in [0, 0.1) is 0 Å². The highest BCUT2D eigenvalue weighted by atomic mass is 16.3. The minimum Gasteiger partial charge on any atom is -0.394 e. The molecule has 1 aromatic heterocycles. The summed E-state index contributed by atoms with van der Waals surface area (Å²) in [6.45, 7) is -0.676. The van der Waals surface area contributed by atoms with Crippen molar-refractivity contribution in [2.24, 2.45) is 0 Å². The Morgan fingerprint density at radius 3 is 2.58 bits per heavy atom. The zero-order chi connectivity index (χ0) is 13.7. The average molecular weight is 262 g/mol. The van der Waals surface area contributed by atoms with E-state index in [1.54, 1.807) is 0 Å². The highest BCUT2D eigenvalue weighted by molar-refractivity contribution is 5.92. The lowest BCUT2D eigenvalue weighted by atomic mass is 10.3. The average Bonchev–Trinajstić information content (AvgIpc) is 2.95. The predicted octanol–water partition coefficient (Wildman–Crippen LogP) is -0.650. The number of aliphatic hydroxyl groups is 2. The molecule has 0 unspecified atom stereocenters. The Morgan fingerprint density at radius 1 is 1.26 bits per heavy atom. The number of nitrogens with zero attached hydrogens (tertiary/aromatic N) is 3. The van der Waals surface area contributed by atoms with Crippen LogP contribution in [0.4, 0.5) is 0 Å². The van der Waals surface area contributed by atoms with Crippen molar-refractivity contribution in [2.75, 3.05) is 13.2 Å². The Balaban J connectivity index is 2.11. The maximum atomic E-state index is 11.8. The van der Waals surface area contributed by atoms with E-state index in [9.17, 15) is 4.79 Å². The van der Waals surface area contributed by atoms with Crippen molar-refractivity contribution < 1.29 is 15.0 Å². The van der Waals surface area contributed by atoms with Gasteiger partial charge in [-0.2, -0.15) is 0 Å². The number of para-hydroxylation sites is 1. The van der Waals surface area contributed by atoms with Gasteiger partial charge >= 0.3 is 0 Å². The van der Waals surface area contributed by atoms with Crippen LogP contribution in [0.2, 0.25) is 0 Å². The van der Waals surface area contributed by atoms with E-state index >= 15 is 0 Å². The van der Waals surface area contributed by atoms with Gasteiger partial charge in [-0.15, -0.1) is 5.10 Å². The van der Waals surface area contributed by atoms with E-state index in [-0.39, 0.29) is 18.9 Å². The summed E-state index contributed by atoms with van der Waals surface area (Å²) in [4.78, 5) is 11.8. The van der Waals surface area contributed by atoms with E-state index in [0.29, 0.717) is 0 Å². The van der Waals surface area contributed by atoms with Crippen LogP contribution in [-0.2, 0) is 0 Å². The summed E-state index contributed by atoms with van der Waals surface area (Å²) in [7, 11) is 0. The lowest BCUT2D eigenvalue weighted by Crippen LogP contribution is -2.40. The van der Waals surface area contributed by atoms with Crippen molar-refractivity contribution in [1.29, 1.82) is 0 Å². The smallest absolute Gasteiger partial charge is 0.273 e. The van der Waals surface area contributed by atoms with Gasteiger partial charge in [-0.1, -0.05) is 23.4 Å². The van der Waals surface area contributed by atoms with Crippen LogP contribution in [0.25, 0.3) is 5.69 Å². The molecule has 0 aliphatic heterocycles. The van der Waals surface area contributed by atoms with Gasteiger partial charge in [-0.05, 0) is 12.1 Å². The van der Waals surface area contributed by atoms with E-state index in [1.165, 1.54) is 10.9 Å². The fourth-order valence-electron chi connectivity index (χ4n) is 1.48. The molecule has 0 atom stereocenters. The molecular formula is C12H14N4O3. The van der Waals surface area contributed by atoms with Crippen LogP contribution in [-0.4, -0.2) is 50.4 Å². The van der Waals surface area contributed by atoms with Crippen molar-refractivity contribution in [3.8, 4) is 5.69 Å². The van der Waals surface area contributed by atoms with Crippen LogP contribution in [0.15, 0.2) is 36.5 Å². The molecule has 0 aliphatic rings. The summed E-state index contributed by atoms with van der Waals surface area (Å²) >= 11 is 0. The minimum atomic E-state index is -0.700. The summed E-state index contributed by atoms with van der Waals surface area (Å²) in [5.74, 6) is -0.490. The van der Waals surface area contributed by atoms with E-state index in [0.717, 1.165) is 5.69 Å².